The van der Waals surface area contributed by atoms with E-state index in [1.165, 1.54) is 6.42 Å². The van der Waals surface area contributed by atoms with Crippen molar-refractivity contribution < 1.29 is 0 Å². The van der Waals surface area contributed by atoms with Gasteiger partial charge in [0.1, 0.15) is 0 Å². The number of hydrazine groups is 1. The second-order valence-corrected chi connectivity index (χ2v) is 2.50. The summed E-state index contributed by atoms with van der Waals surface area (Å²) in [6, 6.07) is 0.666. The van der Waals surface area contributed by atoms with Gasteiger partial charge < -0.3 is 5.32 Å². The number of hydrogen-bond donors (Lipinski definition) is 3. The lowest BCUT2D eigenvalue weighted by Crippen LogP contribution is -2.44. The molecule has 13 heavy (non-hydrogen) atoms. The monoisotopic (exact) mass is 189 g/mol. The molecule has 0 bridgehead atoms. The first-order valence-electron chi connectivity index (χ1n) is 5.58. The lowest BCUT2D eigenvalue weighted by molar-refractivity contribution is 0.410. The predicted octanol–water partition coefficient (Wildman–Crippen LogP) is 1.51. The average Bonchev–Trinajstić information content (AvgIpc) is 2.18. The fourth-order valence-corrected chi connectivity index (χ4v) is 0.949. The fourth-order valence-electron chi connectivity index (χ4n) is 0.949. The molecule has 82 valence electrons. The number of rotatable bonds is 0. The summed E-state index contributed by atoms with van der Waals surface area (Å²) in [5, 5.41) is 3.38. The Kier molecular flexibility index (Phi) is 17.0. The Balaban J connectivity index is 0. The summed E-state index contributed by atoms with van der Waals surface area (Å²) >= 11 is 0. The molecule has 1 aliphatic rings. The standard InChI is InChI=1S/C6H15N3.2C2H6/c1-6-2-3-8-9-5-4-7-6;2*1-2/h6-9H,2-5H2,1H3;2*1-2H3. The van der Waals surface area contributed by atoms with Gasteiger partial charge in [-0.3, -0.25) is 10.9 Å². The van der Waals surface area contributed by atoms with Crippen LogP contribution in [0.5, 0.6) is 0 Å². The van der Waals surface area contributed by atoms with Gasteiger partial charge >= 0.3 is 0 Å². The molecule has 1 saturated heterocycles. The summed E-state index contributed by atoms with van der Waals surface area (Å²) in [4.78, 5) is 0. The Labute approximate surface area is 83.6 Å². The number of hydrogen-bond acceptors (Lipinski definition) is 3. The number of nitrogens with one attached hydrogen (secondary N) is 3. The zero-order valence-corrected chi connectivity index (χ0v) is 9.91. The van der Waals surface area contributed by atoms with Crippen LogP contribution in [0.25, 0.3) is 0 Å². The molecule has 0 radical (unpaired) electrons. The molecule has 3 heteroatoms. The third-order valence-electron chi connectivity index (χ3n) is 1.57. The zero-order valence-electron chi connectivity index (χ0n) is 9.91. The lowest BCUT2D eigenvalue weighted by atomic mass is 10.2. The molecule has 1 aliphatic heterocycles. The van der Waals surface area contributed by atoms with Crippen LogP contribution in [-0.4, -0.2) is 25.7 Å². The first-order chi connectivity index (χ1) is 6.39. The molecule has 3 nitrogen and oxygen atoms in total. The Hall–Kier alpha value is -0.120. The van der Waals surface area contributed by atoms with Gasteiger partial charge in [0.05, 0.1) is 0 Å². The average molecular weight is 189 g/mol. The van der Waals surface area contributed by atoms with E-state index < -0.39 is 0 Å². The van der Waals surface area contributed by atoms with E-state index in [9.17, 15) is 0 Å². The van der Waals surface area contributed by atoms with Crippen LogP contribution in [0.1, 0.15) is 41.0 Å². The van der Waals surface area contributed by atoms with Crippen LogP contribution in [0.15, 0.2) is 0 Å². The molecule has 0 aromatic carbocycles. The van der Waals surface area contributed by atoms with Crippen molar-refractivity contribution in [3.63, 3.8) is 0 Å². The summed E-state index contributed by atoms with van der Waals surface area (Å²) in [5.74, 6) is 0. The normalized spacial score (nSPS) is 22.4. The van der Waals surface area contributed by atoms with Crippen LogP contribution in [0.2, 0.25) is 0 Å². The Morgan fingerprint density at radius 1 is 0.846 bits per heavy atom. The summed E-state index contributed by atoms with van der Waals surface area (Å²) in [5.41, 5.74) is 6.22. The molecule has 1 unspecified atom stereocenters. The van der Waals surface area contributed by atoms with Crippen LogP contribution in [0.3, 0.4) is 0 Å². The molecule has 0 amide bonds. The van der Waals surface area contributed by atoms with Crippen molar-refractivity contribution in [2.24, 2.45) is 0 Å². The molecular weight excluding hydrogens is 162 g/mol. The lowest BCUT2D eigenvalue weighted by Gasteiger charge is -2.18. The van der Waals surface area contributed by atoms with Crippen LogP contribution in [0, 0.1) is 0 Å². The van der Waals surface area contributed by atoms with Gasteiger partial charge in [-0.15, -0.1) is 0 Å². The van der Waals surface area contributed by atoms with E-state index in [1.54, 1.807) is 0 Å². The van der Waals surface area contributed by atoms with Crippen LogP contribution < -0.4 is 16.2 Å². The van der Waals surface area contributed by atoms with Gasteiger partial charge in [-0.25, -0.2) is 0 Å². The van der Waals surface area contributed by atoms with Gasteiger partial charge in [0.25, 0.3) is 0 Å². The van der Waals surface area contributed by atoms with Crippen LogP contribution >= 0.6 is 0 Å². The summed E-state index contributed by atoms with van der Waals surface area (Å²) in [6.45, 7) is 13.4. The molecule has 0 aromatic rings. The molecule has 0 aromatic heterocycles. The van der Waals surface area contributed by atoms with Crippen molar-refractivity contribution in [2.45, 2.75) is 47.1 Å². The van der Waals surface area contributed by atoms with Gasteiger partial charge in [-0.2, -0.15) is 0 Å². The maximum absolute atomic E-state index is 3.38. The van der Waals surface area contributed by atoms with Crippen molar-refractivity contribution >= 4 is 0 Å². The molecule has 1 heterocycles. The second-order valence-electron chi connectivity index (χ2n) is 2.50. The van der Waals surface area contributed by atoms with E-state index in [2.05, 4.69) is 23.1 Å². The van der Waals surface area contributed by atoms with E-state index in [0.29, 0.717) is 6.04 Å². The largest absolute Gasteiger partial charge is 0.313 e. The first kappa shape index (κ1) is 15.4. The first-order valence-corrected chi connectivity index (χ1v) is 5.58. The minimum absolute atomic E-state index is 0.666. The Morgan fingerprint density at radius 2 is 1.38 bits per heavy atom. The molecule has 1 atom stereocenters. The van der Waals surface area contributed by atoms with E-state index in [4.69, 9.17) is 0 Å². The quantitative estimate of drug-likeness (QED) is 0.541. The fraction of sp³-hybridized carbons (Fsp3) is 1.00. The predicted molar refractivity (Wildman–Crippen MR) is 60.8 cm³/mol. The van der Waals surface area contributed by atoms with Gasteiger partial charge in [0.2, 0.25) is 0 Å². The third-order valence-corrected chi connectivity index (χ3v) is 1.57. The molecule has 0 aliphatic carbocycles. The Bertz CT molecular complexity index is 68.6. The highest BCUT2D eigenvalue weighted by Crippen LogP contribution is 1.87. The maximum Gasteiger partial charge on any atom is 0.0225 e. The molecule has 0 spiro atoms. The van der Waals surface area contributed by atoms with E-state index >= 15 is 0 Å². The smallest absolute Gasteiger partial charge is 0.0225 e. The summed E-state index contributed by atoms with van der Waals surface area (Å²) in [6.07, 6.45) is 1.20. The zero-order chi connectivity index (χ0) is 10.5. The van der Waals surface area contributed by atoms with Gasteiger partial charge in [-0.1, -0.05) is 27.7 Å². The highest BCUT2D eigenvalue weighted by Gasteiger charge is 2.01. The van der Waals surface area contributed by atoms with Crippen molar-refractivity contribution in [3.8, 4) is 0 Å². The molecular formula is C10H27N3. The van der Waals surface area contributed by atoms with Gasteiger partial charge in [0, 0.05) is 25.7 Å². The summed E-state index contributed by atoms with van der Waals surface area (Å²) < 4.78 is 0. The molecule has 1 fully saturated rings. The molecule has 3 N–H and O–H groups in total. The highest BCUT2D eigenvalue weighted by molar-refractivity contribution is 4.64. The van der Waals surface area contributed by atoms with Gasteiger partial charge in [-0.05, 0) is 13.3 Å². The van der Waals surface area contributed by atoms with E-state index in [1.807, 2.05) is 27.7 Å². The van der Waals surface area contributed by atoms with E-state index in [-0.39, 0.29) is 0 Å². The molecule has 0 saturated carbocycles. The summed E-state index contributed by atoms with van der Waals surface area (Å²) in [7, 11) is 0. The van der Waals surface area contributed by atoms with Crippen LogP contribution in [-0.2, 0) is 0 Å². The molecule has 1 rings (SSSR count). The Morgan fingerprint density at radius 3 is 2.00 bits per heavy atom. The van der Waals surface area contributed by atoms with Crippen LogP contribution in [0.4, 0.5) is 0 Å². The van der Waals surface area contributed by atoms with Crippen molar-refractivity contribution in [3.05, 3.63) is 0 Å². The highest BCUT2D eigenvalue weighted by atomic mass is 15.4. The minimum Gasteiger partial charge on any atom is -0.313 e. The van der Waals surface area contributed by atoms with Crippen molar-refractivity contribution in [1.29, 1.82) is 0 Å². The maximum atomic E-state index is 3.38. The SMILES string of the molecule is CC.CC.CC1CCNNCCN1. The topological polar surface area (TPSA) is 36.1 Å². The minimum atomic E-state index is 0.666. The third kappa shape index (κ3) is 11.9. The second kappa shape index (κ2) is 14.4. The van der Waals surface area contributed by atoms with Crippen molar-refractivity contribution in [2.75, 3.05) is 19.6 Å². The van der Waals surface area contributed by atoms with Crippen molar-refractivity contribution in [1.82, 2.24) is 16.2 Å². The van der Waals surface area contributed by atoms with E-state index in [0.717, 1.165) is 19.6 Å². The van der Waals surface area contributed by atoms with Gasteiger partial charge in [0.15, 0.2) is 0 Å².